The quantitative estimate of drug-likeness (QED) is 0.707. The second kappa shape index (κ2) is 5.41. The summed E-state index contributed by atoms with van der Waals surface area (Å²) in [6.45, 7) is 2.53. The van der Waals surface area contributed by atoms with Gasteiger partial charge in [-0.3, -0.25) is 0 Å². The van der Waals surface area contributed by atoms with Crippen LogP contribution in [0.25, 0.3) is 0 Å². The second-order valence-electron chi connectivity index (χ2n) is 3.95. The van der Waals surface area contributed by atoms with Gasteiger partial charge >= 0.3 is 6.03 Å². The Hall–Kier alpha value is -0.480. The van der Waals surface area contributed by atoms with Crippen LogP contribution in [0.5, 0.6) is 0 Å². The van der Waals surface area contributed by atoms with Crippen molar-refractivity contribution in [2.75, 3.05) is 33.7 Å². The minimum atomic E-state index is 0.113. The summed E-state index contributed by atoms with van der Waals surface area (Å²) < 4.78 is 0. The molecule has 1 fully saturated rings. The molecule has 0 aromatic carbocycles. The minimum absolute atomic E-state index is 0.113. The fraction of sp³-hybridized carbons (Fsp3) is 0.889. The molecule has 2 amide bonds. The average molecular weight is 220 g/mol. The fourth-order valence-corrected chi connectivity index (χ4v) is 1.94. The number of carbonyl (C=O) groups excluding carboxylic acids is 1. The summed E-state index contributed by atoms with van der Waals surface area (Å²) in [5, 5.41) is 0. The van der Waals surface area contributed by atoms with E-state index in [0.29, 0.717) is 5.92 Å². The molecule has 0 aromatic heterocycles. The van der Waals surface area contributed by atoms with E-state index in [0.717, 1.165) is 32.5 Å². The van der Waals surface area contributed by atoms with Crippen molar-refractivity contribution in [3.05, 3.63) is 0 Å². The van der Waals surface area contributed by atoms with Crippen molar-refractivity contribution in [1.82, 2.24) is 14.6 Å². The molecule has 14 heavy (non-hydrogen) atoms. The Balaban J connectivity index is 2.32. The Kier molecular flexibility index (Phi) is 4.48. The monoisotopic (exact) mass is 219 g/mol. The first-order valence-electron chi connectivity index (χ1n) is 4.95. The molecule has 1 aliphatic rings. The Morgan fingerprint density at radius 1 is 1.50 bits per heavy atom. The van der Waals surface area contributed by atoms with E-state index in [1.165, 1.54) is 0 Å². The van der Waals surface area contributed by atoms with E-state index in [4.69, 9.17) is 11.8 Å². The molecule has 1 N–H and O–H groups in total. The van der Waals surface area contributed by atoms with E-state index in [-0.39, 0.29) is 6.03 Å². The molecule has 4 nitrogen and oxygen atoms in total. The van der Waals surface area contributed by atoms with Crippen molar-refractivity contribution in [3.63, 3.8) is 0 Å². The number of hydrogen-bond acceptors (Lipinski definition) is 2. The molecule has 1 heterocycles. The van der Waals surface area contributed by atoms with E-state index in [1.54, 1.807) is 19.0 Å². The largest absolute Gasteiger partial charge is 0.331 e. The van der Waals surface area contributed by atoms with Crippen LogP contribution >= 0.6 is 11.8 Å². The highest BCUT2D eigenvalue weighted by Gasteiger charge is 2.23. The van der Waals surface area contributed by atoms with Gasteiger partial charge in [-0.25, -0.2) is 9.63 Å². The summed E-state index contributed by atoms with van der Waals surface area (Å²) in [5.41, 5.74) is 0. The number of rotatable bonds is 2. The van der Waals surface area contributed by atoms with Crippen molar-refractivity contribution in [2.24, 2.45) is 5.92 Å². The molecular weight excluding hydrogens is 202 g/mol. The molecular formula is C9H18ClN3O. The van der Waals surface area contributed by atoms with Crippen molar-refractivity contribution >= 4 is 17.8 Å². The van der Waals surface area contributed by atoms with Gasteiger partial charge in [0.25, 0.3) is 0 Å². The molecule has 5 heteroatoms. The predicted octanol–water partition coefficient (Wildman–Crippen LogP) is 1.12. The number of nitrogens with one attached hydrogen (secondary N) is 1. The maximum atomic E-state index is 11.6. The molecule has 0 aliphatic carbocycles. The summed E-state index contributed by atoms with van der Waals surface area (Å²) in [5.74, 6) is 0.610. The third-order valence-electron chi connectivity index (χ3n) is 2.63. The number of piperidine rings is 1. The summed E-state index contributed by atoms with van der Waals surface area (Å²) in [6, 6.07) is 0.113. The highest BCUT2D eigenvalue weighted by molar-refractivity contribution is 6.13. The van der Waals surface area contributed by atoms with Crippen LogP contribution in [0.15, 0.2) is 0 Å². The van der Waals surface area contributed by atoms with Crippen LogP contribution in [0.3, 0.4) is 0 Å². The molecule has 0 spiro atoms. The first-order valence-corrected chi connectivity index (χ1v) is 5.32. The smallest absolute Gasteiger partial charge is 0.319 e. The van der Waals surface area contributed by atoms with Crippen molar-refractivity contribution < 1.29 is 4.79 Å². The minimum Gasteiger partial charge on any atom is -0.331 e. The number of likely N-dealkylation sites (tertiary alicyclic amines) is 1. The topological polar surface area (TPSA) is 35.6 Å². The van der Waals surface area contributed by atoms with E-state index in [9.17, 15) is 4.79 Å². The van der Waals surface area contributed by atoms with Gasteiger partial charge in [-0.1, -0.05) is 0 Å². The lowest BCUT2D eigenvalue weighted by Crippen LogP contribution is -2.44. The first kappa shape index (κ1) is 11.6. The number of hydrogen-bond donors (Lipinski definition) is 1. The van der Waals surface area contributed by atoms with Gasteiger partial charge in [-0.05, 0) is 30.5 Å². The predicted molar refractivity (Wildman–Crippen MR) is 57.2 cm³/mol. The van der Waals surface area contributed by atoms with Crippen molar-refractivity contribution in [3.8, 4) is 0 Å². The van der Waals surface area contributed by atoms with Gasteiger partial charge in [-0.2, -0.15) is 0 Å². The zero-order valence-corrected chi connectivity index (χ0v) is 9.55. The van der Waals surface area contributed by atoms with E-state index >= 15 is 0 Å². The van der Waals surface area contributed by atoms with Crippen LogP contribution in [0.4, 0.5) is 4.79 Å². The number of amides is 2. The van der Waals surface area contributed by atoms with Crippen LogP contribution in [-0.2, 0) is 0 Å². The highest BCUT2D eigenvalue weighted by Crippen LogP contribution is 2.17. The Labute approximate surface area is 90.3 Å². The van der Waals surface area contributed by atoms with Gasteiger partial charge < -0.3 is 9.80 Å². The number of urea groups is 1. The Morgan fingerprint density at radius 2 is 2.07 bits per heavy atom. The summed E-state index contributed by atoms with van der Waals surface area (Å²) in [6.07, 6.45) is 2.08. The molecule has 0 bridgehead atoms. The van der Waals surface area contributed by atoms with Crippen molar-refractivity contribution in [1.29, 1.82) is 0 Å². The Morgan fingerprint density at radius 3 is 2.50 bits per heavy atom. The molecule has 0 aromatic rings. The van der Waals surface area contributed by atoms with Crippen LogP contribution in [0.2, 0.25) is 0 Å². The van der Waals surface area contributed by atoms with Crippen LogP contribution < -0.4 is 4.84 Å². The van der Waals surface area contributed by atoms with E-state index in [2.05, 4.69) is 4.84 Å². The lowest BCUT2D eigenvalue weighted by Gasteiger charge is -2.33. The average Bonchev–Trinajstić information content (AvgIpc) is 2.18. The lowest BCUT2D eigenvalue weighted by atomic mass is 9.97. The summed E-state index contributed by atoms with van der Waals surface area (Å²) >= 11 is 5.45. The SMILES string of the molecule is CN(C)C(=O)N1CCC(CNCl)CC1. The van der Waals surface area contributed by atoms with Crippen LogP contribution in [0, 0.1) is 5.92 Å². The van der Waals surface area contributed by atoms with Gasteiger partial charge in [0.05, 0.1) is 0 Å². The molecule has 0 radical (unpaired) electrons. The highest BCUT2D eigenvalue weighted by atomic mass is 35.5. The van der Waals surface area contributed by atoms with E-state index in [1.807, 2.05) is 4.90 Å². The molecule has 0 atom stereocenters. The maximum absolute atomic E-state index is 11.6. The molecule has 0 saturated carbocycles. The Bertz CT molecular complexity index is 190. The molecule has 0 unspecified atom stereocenters. The lowest BCUT2D eigenvalue weighted by molar-refractivity contribution is 0.148. The number of carbonyl (C=O) groups is 1. The third kappa shape index (κ3) is 3.03. The zero-order valence-electron chi connectivity index (χ0n) is 8.79. The van der Waals surface area contributed by atoms with Crippen LogP contribution in [-0.4, -0.2) is 49.6 Å². The van der Waals surface area contributed by atoms with Crippen LogP contribution in [0.1, 0.15) is 12.8 Å². The van der Waals surface area contributed by atoms with Gasteiger partial charge in [0.2, 0.25) is 0 Å². The van der Waals surface area contributed by atoms with E-state index < -0.39 is 0 Å². The van der Waals surface area contributed by atoms with Gasteiger partial charge in [-0.15, -0.1) is 0 Å². The molecule has 1 saturated heterocycles. The van der Waals surface area contributed by atoms with Crippen molar-refractivity contribution in [2.45, 2.75) is 12.8 Å². The molecule has 82 valence electrons. The standard InChI is InChI=1S/C9H18ClN3O/c1-12(2)9(14)13-5-3-8(4-6-13)7-11-10/h8,11H,3-7H2,1-2H3. The maximum Gasteiger partial charge on any atom is 0.319 e. The zero-order chi connectivity index (χ0) is 10.6. The normalized spacial score (nSPS) is 18.4. The molecule has 1 rings (SSSR count). The third-order valence-corrected chi connectivity index (χ3v) is 2.79. The van der Waals surface area contributed by atoms with Gasteiger partial charge in [0, 0.05) is 33.7 Å². The van der Waals surface area contributed by atoms with Gasteiger partial charge in [0.1, 0.15) is 0 Å². The summed E-state index contributed by atoms with van der Waals surface area (Å²) in [4.78, 5) is 17.8. The second-order valence-corrected chi connectivity index (χ2v) is 4.21. The van der Waals surface area contributed by atoms with Gasteiger partial charge in [0.15, 0.2) is 0 Å². The number of nitrogens with zero attached hydrogens (tertiary/aromatic N) is 2. The summed E-state index contributed by atoms with van der Waals surface area (Å²) in [7, 11) is 3.57. The fourth-order valence-electron chi connectivity index (χ4n) is 1.72. The first-order chi connectivity index (χ1) is 6.65. The number of halogens is 1. The molecule has 1 aliphatic heterocycles.